The van der Waals surface area contributed by atoms with Crippen LogP contribution in [0.1, 0.15) is 5.56 Å². The lowest BCUT2D eigenvalue weighted by molar-refractivity contribution is -0.129. The molecule has 2 aliphatic rings. The van der Waals surface area contributed by atoms with E-state index in [4.69, 9.17) is 16.3 Å². The lowest BCUT2D eigenvalue weighted by atomic mass is 10.0. The lowest BCUT2D eigenvalue weighted by Gasteiger charge is -2.39. The monoisotopic (exact) mass is 429 g/mol. The molecular weight excluding hydrogens is 409 g/mol. The number of fused-ring (bicyclic) bond motifs is 1. The summed E-state index contributed by atoms with van der Waals surface area (Å²) in [7, 11) is 1.61. The van der Waals surface area contributed by atoms with Crippen molar-refractivity contribution in [2.45, 2.75) is 6.04 Å². The van der Waals surface area contributed by atoms with Crippen molar-refractivity contribution in [2.75, 3.05) is 42.8 Å². The molecule has 2 heterocycles. The van der Waals surface area contributed by atoms with E-state index in [1.807, 2.05) is 12.1 Å². The number of aliphatic imine (C=N–C) groups is 1. The molecule has 0 aliphatic carbocycles. The highest BCUT2D eigenvalue weighted by molar-refractivity contribution is 6.31. The Bertz CT molecular complexity index is 1040. The van der Waals surface area contributed by atoms with Gasteiger partial charge in [0, 0.05) is 30.4 Å². The Morgan fingerprint density at radius 1 is 1.40 bits per heavy atom. The number of carbonyl (C=O) groups excluding carboxylic acids is 1. The number of nitrogens with one attached hydrogen (secondary N) is 3. The molecule has 0 unspecified atom stereocenters. The maximum atomic E-state index is 13.5. The Hall–Kier alpha value is -3.26. The number of hydrogen-bond donors (Lipinski definition) is 3. The summed E-state index contributed by atoms with van der Waals surface area (Å²) in [5.74, 6) is 0.761. The number of carbonyl (C=O) groups is 1. The molecule has 3 N–H and O–H groups in total. The molecule has 0 bridgehead atoms. The van der Waals surface area contributed by atoms with Gasteiger partial charge in [0.05, 0.1) is 29.5 Å². The van der Waals surface area contributed by atoms with Crippen molar-refractivity contribution < 1.29 is 13.9 Å². The Morgan fingerprint density at radius 3 is 2.90 bits per heavy atom. The number of hydrogen-bond acceptors (Lipinski definition) is 6. The SMILES string of the molecule is C=CC(=O)N1CC(Nc2cc3c(cc2OC)NCN=C3Nc2ccc(F)c(Cl)c2)C1. The van der Waals surface area contributed by atoms with Gasteiger partial charge in [0.15, 0.2) is 0 Å². The summed E-state index contributed by atoms with van der Waals surface area (Å²) >= 11 is 5.89. The van der Waals surface area contributed by atoms with Crippen LogP contribution in [-0.2, 0) is 4.79 Å². The predicted octanol–water partition coefficient (Wildman–Crippen LogP) is 3.54. The van der Waals surface area contributed by atoms with E-state index in [0.717, 1.165) is 16.9 Å². The third-order valence-corrected chi connectivity index (χ3v) is 5.30. The van der Waals surface area contributed by atoms with Gasteiger partial charge in [-0.3, -0.25) is 4.79 Å². The highest BCUT2D eigenvalue weighted by Gasteiger charge is 2.30. The van der Waals surface area contributed by atoms with Crippen LogP contribution in [0.3, 0.4) is 0 Å². The molecule has 0 atom stereocenters. The van der Waals surface area contributed by atoms with Gasteiger partial charge >= 0.3 is 0 Å². The fourth-order valence-electron chi connectivity index (χ4n) is 3.41. The Kier molecular flexibility index (Phi) is 5.50. The van der Waals surface area contributed by atoms with Crippen LogP contribution in [0, 0.1) is 5.82 Å². The predicted molar refractivity (Wildman–Crippen MR) is 117 cm³/mol. The molecule has 2 aromatic rings. The molecule has 0 spiro atoms. The summed E-state index contributed by atoms with van der Waals surface area (Å²) in [5.41, 5.74) is 3.13. The maximum Gasteiger partial charge on any atom is 0.246 e. The summed E-state index contributed by atoms with van der Waals surface area (Å²) < 4.78 is 19.0. The molecular formula is C21H21ClFN5O2. The van der Waals surface area contributed by atoms with Gasteiger partial charge in [0.25, 0.3) is 0 Å². The second-order valence-electron chi connectivity index (χ2n) is 6.98. The van der Waals surface area contributed by atoms with Crippen LogP contribution in [0.4, 0.5) is 21.5 Å². The summed E-state index contributed by atoms with van der Waals surface area (Å²) in [4.78, 5) is 17.9. The Morgan fingerprint density at radius 2 is 2.20 bits per heavy atom. The fourth-order valence-corrected chi connectivity index (χ4v) is 3.59. The van der Waals surface area contributed by atoms with Crippen molar-refractivity contribution in [3.05, 3.63) is 59.4 Å². The molecule has 0 saturated carbocycles. The third kappa shape index (κ3) is 3.91. The van der Waals surface area contributed by atoms with Crippen molar-refractivity contribution >= 4 is 40.4 Å². The van der Waals surface area contributed by atoms with Gasteiger partial charge in [-0.15, -0.1) is 0 Å². The molecule has 0 aromatic heterocycles. The molecule has 9 heteroatoms. The number of nitrogens with zero attached hydrogens (tertiary/aromatic N) is 2. The number of rotatable bonds is 5. The number of benzene rings is 2. The largest absolute Gasteiger partial charge is 0.495 e. The minimum absolute atomic E-state index is 0.0375. The summed E-state index contributed by atoms with van der Waals surface area (Å²) in [6.45, 7) is 5.09. The number of anilines is 3. The number of halogens is 2. The van der Waals surface area contributed by atoms with Crippen LogP contribution in [0.15, 0.2) is 48.0 Å². The first kappa shape index (κ1) is 20.0. The second-order valence-corrected chi connectivity index (χ2v) is 7.39. The van der Waals surface area contributed by atoms with Gasteiger partial charge in [-0.1, -0.05) is 18.2 Å². The van der Waals surface area contributed by atoms with E-state index in [9.17, 15) is 9.18 Å². The topological polar surface area (TPSA) is 78.0 Å². The molecule has 156 valence electrons. The Labute approximate surface area is 178 Å². The summed E-state index contributed by atoms with van der Waals surface area (Å²) in [6, 6.07) is 8.38. The van der Waals surface area contributed by atoms with Gasteiger partial charge in [-0.2, -0.15) is 0 Å². The van der Waals surface area contributed by atoms with Crippen molar-refractivity contribution in [1.29, 1.82) is 0 Å². The van der Waals surface area contributed by atoms with Crippen LogP contribution in [0.5, 0.6) is 5.75 Å². The van der Waals surface area contributed by atoms with Crippen LogP contribution in [0.2, 0.25) is 5.02 Å². The van der Waals surface area contributed by atoms with Crippen LogP contribution >= 0.6 is 11.6 Å². The van der Waals surface area contributed by atoms with Crippen molar-refractivity contribution in [2.24, 2.45) is 4.99 Å². The number of ether oxygens (including phenoxy) is 1. The van der Waals surface area contributed by atoms with Crippen LogP contribution in [0.25, 0.3) is 0 Å². The average molecular weight is 430 g/mol. The van der Waals surface area contributed by atoms with Crippen LogP contribution in [-0.4, -0.2) is 49.6 Å². The molecule has 1 saturated heterocycles. The van der Waals surface area contributed by atoms with Crippen molar-refractivity contribution in [1.82, 2.24) is 4.90 Å². The zero-order chi connectivity index (χ0) is 21.3. The van der Waals surface area contributed by atoms with E-state index in [1.165, 1.54) is 18.2 Å². The van der Waals surface area contributed by atoms with E-state index >= 15 is 0 Å². The smallest absolute Gasteiger partial charge is 0.246 e. The van der Waals surface area contributed by atoms with Crippen molar-refractivity contribution in [3.63, 3.8) is 0 Å². The third-order valence-electron chi connectivity index (χ3n) is 5.01. The first-order valence-corrected chi connectivity index (χ1v) is 9.77. The van der Waals surface area contributed by atoms with E-state index < -0.39 is 5.82 Å². The number of methoxy groups -OCH3 is 1. The number of likely N-dealkylation sites (tertiary alicyclic amines) is 1. The zero-order valence-corrected chi connectivity index (χ0v) is 17.1. The van der Waals surface area contributed by atoms with E-state index in [1.54, 1.807) is 18.1 Å². The molecule has 4 rings (SSSR count). The molecule has 0 radical (unpaired) electrons. The minimum Gasteiger partial charge on any atom is -0.495 e. The quantitative estimate of drug-likeness (QED) is 0.634. The summed E-state index contributed by atoms with van der Waals surface area (Å²) in [5, 5.41) is 9.89. The van der Waals surface area contributed by atoms with Crippen LogP contribution < -0.4 is 20.7 Å². The van der Waals surface area contributed by atoms with Gasteiger partial charge in [-0.25, -0.2) is 9.38 Å². The van der Waals surface area contributed by atoms with Crippen molar-refractivity contribution in [3.8, 4) is 5.75 Å². The number of amidine groups is 1. The number of amides is 1. The molecule has 2 aliphatic heterocycles. The highest BCUT2D eigenvalue weighted by Crippen LogP contribution is 2.35. The standard InChI is InChI=1S/C21H21ClFN5O2/c1-3-20(29)28-9-13(10-28)26-18-7-14-17(8-19(18)30-2)24-11-25-21(14)27-12-4-5-16(23)15(22)6-12/h3-8,13,24,26H,1,9-11H2,2H3,(H,25,27). The van der Waals surface area contributed by atoms with Gasteiger partial charge in [0.2, 0.25) is 5.91 Å². The molecule has 7 nitrogen and oxygen atoms in total. The first-order valence-electron chi connectivity index (χ1n) is 9.39. The van der Waals surface area contributed by atoms with Gasteiger partial charge < -0.3 is 25.6 Å². The molecule has 30 heavy (non-hydrogen) atoms. The highest BCUT2D eigenvalue weighted by atomic mass is 35.5. The van der Waals surface area contributed by atoms with E-state index in [2.05, 4.69) is 27.5 Å². The zero-order valence-electron chi connectivity index (χ0n) is 16.3. The van der Waals surface area contributed by atoms with Gasteiger partial charge in [0.1, 0.15) is 24.1 Å². The maximum absolute atomic E-state index is 13.5. The van der Waals surface area contributed by atoms with E-state index in [-0.39, 0.29) is 17.0 Å². The first-order chi connectivity index (χ1) is 14.5. The molecule has 1 amide bonds. The summed E-state index contributed by atoms with van der Waals surface area (Å²) in [6.07, 6.45) is 1.32. The minimum atomic E-state index is -0.476. The Balaban J connectivity index is 1.56. The normalized spacial score (nSPS) is 15.3. The average Bonchev–Trinajstić information content (AvgIpc) is 2.72. The molecule has 2 aromatic carbocycles. The lowest BCUT2D eigenvalue weighted by Crippen LogP contribution is -2.56. The van der Waals surface area contributed by atoms with Gasteiger partial charge in [-0.05, 0) is 30.3 Å². The second kappa shape index (κ2) is 8.23. The fraction of sp³-hybridized carbons (Fsp3) is 0.238. The van der Waals surface area contributed by atoms with E-state index in [0.29, 0.717) is 37.0 Å². The molecule has 1 fully saturated rings.